The van der Waals surface area contributed by atoms with Crippen LogP contribution in [0.2, 0.25) is 0 Å². The number of nitrogens with zero attached hydrogens (tertiary/aromatic N) is 1. The van der Waals surface area contributed by atoms with Gasteiger partial charge in [0.25, 0.3) is 0 Å². The van der Waals surface area contributed by atoms with E-state index >= 15 is 0 Å². The van der Waals surface area contributed by atoms with Gasteiger partial charge in [-0.1, -0.05) is 12.2 Å². The first kappa shape index (κ1) is 13.3. The molecule has 1 aromatic heterocycles. The number of aliphatic carboxylic acids is 1. The Morgan fingerprint density at radius 3 is 2.95 bits per heavy atom. The summed E-state index contributed by atoms with van der Waals surface area (Å²) in [4.78, 5) is 29.9. The normalized spacial score (nSPS) is 19.9. The van der Waals surface area contributed by atoms with Crippen LogP contribution in [0.5, 0.6) is 0 Å². The van der Waals surface area contributed by atoms with Crippen LogP contribution < -0.4 is 5.32 Å². The zero-order valence-electron chi connectivity index (χ0n) is 10.5. The summed E-state index contributed by atoms with van der Waals surface area (Å²) in [5.41, 5.74) is 0.691. The number of aromatic nitrogens is 2. The lowest BCUT2D eigenvalue weighted by Crippen LogP contribution is -2.45. The average molecular weight is 263 g/mol. The summed E-state index contributed by atoms with van der Waals surface area (Å²) in [6.45, 7) is 0. The van der Waals surface area contributed by atoms with Crippen LogP contribution in [0.15, 0.2) is 24.7 Å². The number of amides is 1. The molecule has 1 aliphatic rings. The van der Waals surface area contributed by atoms with Gasteiger partial charge in [0.1, 0.15) is 6.04 Å². The van der Waals surface area contributed by atoms with E-state index < -0.39 is 12.0 Å². The van der Waals surface area contributed by atoms with Crippen molar-refractivity contribution in [2.75, 3.05) is 0 Å². The fourth-order valence-corrected chi connectivity index (χ4v) is 2.14. The highest BCUT2D eigenvalue weighted by atomic mass is 16.4. The Morgan fingerprint density at radius 1 is 1.53 bits per heavy atom. The highest BCUT2D eigenvalue weighted by Crippen LogP contribution is 2.18. The van der Waals surface area contributed by atoms with E-state index in [1.807, 2.05) is 12.2 Å². The highest BCUT2D eigenvalue weighted by molar-refractivity contribution is 5.85. The summed E-state index contributed by atoms with van der Waals surface area (Å²) in [6, 6.07) is -0.918. The third kappa shape index (κ3) is 3.67. The summed E-state index contributed by atoms with van der Waals surface area (Å²) < 4.78 is 0. The summed E-state index contributed by atoms with van der Waals surface area (Å²) >= 11 is 0. The molecular formula is C13H17N3O3. The van der Waals surface area contributed by atoms with Crippen molar-refractivity contribution < 1.29 is 14.7 Å². The van der Waals surface area contributed by atoms with Gasteiger partial charge in [-0.15, -0.1) is 0 Å². The molecule has 0 spiro atoms. The van der Waals surface area contributed by atoms with E-state index in [9.17, 15) is 9.59 Å². The van der Waals surface area contributed by atoms with Crippen molar-refractivity contribution in [3.63, 3.8) is 0 Å². The quantitative estimate of drug-likeness (QED) is 0.687. The maximum atomic E-state index is 12.0. The first-order valence-corrected chi connectivity index (χ1v) is 6.32. The van der Waals surface area contributed by atoms with Gasteiger partial charge >= 0.3 is 5.97 Å². The molecule has 0 radical (unpaired) electrons. The van der Waals surface area contributed by atoms with Gasteiger partial charge in [-0.05, 0) is 19.3 Å². The van der Waals surface area contributed by atoms with Crippen LogP contribution in [-0.4, -0.2) is 33.0 Å². The van der Waals surface area contributed by atoms with Crippen LogP contribution in [0.1, 0.15) is 25.0 Å². The molecule has 2 atom stereocenters. The number of imidazole rings is 1. The van der Waals surface area contributed by atoms with Gasteiger partial charge in [-0.3, -0.25) is 4.79 Å². The number of carboxylic acid groups (broad SMARTS) is 1. The number of hydrogen-bond donors (Lipinski definition) is 3. The fraction of sp³-hybridized carbons (Fsp3) is 0.462. The van der Waals surface area contributed by atoms with Gasteiger partial charge in [0.15, 0.2) is 0 Å². The number of allylic oxidation sites excluding steroid dienone is 2. The monoisotopic (exact) mass is 263 g/mol. The Bertz CT molecular complexity index is 467. The number of rotatable bonds is 5. The minimum atomic E-state index is -1.03. The Kier molecular flexibility index (Phi) is 4.33. The van der Waals surface area contributed by atoms with Gasteiger partial charge < -0.3 is 15.4 Å². The third-order valence-corrected chi connectivity index (χ3v) is 3.23. The summed E-state index contributed by atoms with van der Waals surface area (Å²) in [5.74, 6) is -1.33. The van der Waals surface area contributed by atoms with Crippen LogP contribution >= 0.6 is 0 Å². The van der Waals surface area contributed by atoms with Crippen molar-refractivity contribution in [1.82, 2.24) is 15.3 Å². The lowest BCUT2D eigenvalue weighted by molar-refractivity contribution is -0.142. The van der Waals surface area contributed by atoms with Crippen LogP contribution in [0.3, 0.4) is 0 Å². The highest BCUT2D eigenvalue weighted by Gasteiger charge is 2.25. The van der Waals surface area contributed by atoms with E-state index in [0.717, 1.165) is 12.8 Å². The molecule has 0 saturated carbocycles. The molecule has 0 aromatic carbocycles. The van der Waals surface area contributed by atoms with E-state index in [-0.39, 0.29) is 18.2 Å². The maximum absolute atomic E-state index is 12.0. The maximum Gasteiger partial charge on any atom is 0.326 e. The van der Waals surface area contributed by atoms with Gasteiger partial charge in [-0.2, -0.15) is 0 Å². The Morgan fingerprint density at radius 2 is 2.37 bits per heavy atom. The Labute approximate surface area is 110 Å². The van der Waals surface area contributed by atoms with Crippen molar-refractivity contribution in [2.45, 2.75) is 31.7 Å². The molecule has 6 heteroatoms. The molecule has 0 fully saturated rings. The predicted molar refractivity (Wildman–Crippen MR) is 68.3 cm³/mol. The van der Waals surface area contributed by atoms with Crippen LogP contribution in [-0.2, 0) is 16.0 Å². The van der Waals surface area contributed by atoms with Crippen molar-refractivity contribution >= 4 is 11.9 Å². The third-order valence-electron chi connectivity index (χ3n) is 3.23. The molecule has 1 aromatic rings. The first-order valence-electron chi connectivity index (χ1n) is 6.32. The molecule has 0 bridgehead atoms. The lowest BCUT2D eigenvalue weighted by Gasteiger charge is -2.20. The second-order valence-corrected chi connectivity index (χ2v) is 4.66. The standard InChI is InChI=1S/C13H17N3O3/c17-12(9-4-2-1-3-5-9)16-11(13(18)19)6-10-7-14-8-15-10/h1-2,7-9,11H,3-6H2,(H,14,15)(H,16,17)(H,18,19)/t9?,11-/m1/s1. The van der Waals surface area contributed by atoms with Gasteiger partial charge in [0.2, 0.25) is 5.91 Å². The molecule has 3 N–H and O–H groups in total. The Balaban J connectivity index is 1.94. The van der Waals surface area contributed by atoms with Gasteiger partial charge in [0.05, 0.1) is 6.33 Å². The van der Waals surface area contributed by atoms with E-state index in [1.165, 1.54) is 6.33 Å². The number of carbonyl (C=O) groups is 2. The summed E-state index contributed by atoms with van der Waals surface area (Å²) in [5, 5.41) is 11.8. The molecule has 102 valence electrons. The largest absolute Gasteiger partial charge is 0.480 e. The van der Waals surface area contributed by atoms with Gasteiger partial charge in [-0.25, -0.2) is 9.78 Å². The van der Waals surface area contributed by atoms with Gasteiger partial charge in [0, 0.05) is 24.2 Å². The average Bonchev–Trinajstić information content (AvgIpc) is 2.91. The first-order chi connectivity index (χ1) is 9.16. The number of carboxylic acids is 1. The van der Waals surface area contributed by atoms with Crippen molar-refractivity contribution in [3.05, 3.63) is 30.4 Å². The number of nitrogens with one attached hydrogen (secondary N) is 2. The molecule has 1 aliphatic carbocycles. The molecule has 19 heavy (non-hydrogen) atoms. The topological polar surface area (TPSA) is 95.1 Å². The smallest absolute Gasteiger partial charge is 0.326 e. The molecule has 6 nitrogen and oxygen atoms in total. The summed E-state index contributed by atoms with van der Waals surface area (Å²) in [6.07, 6.45) is 9.61. The minimum absolute atomic E-state index is 0.117. The number of hydrogen-bond acceptors (Lipinski definition) is 3. The zero-order chi connectivity index (χ0) is 13.7. The number of carbonyl (C=O) groups excluding carboxylic acids is 1. The fourth-order valence-electron chi connectivity index (χ4n) is 2.14. The molecule has 1 amide bonds. The van der Waals surface area contributed by atoms with E-state index in [2.05, 4.69) is 15.3 Å². The molecule has 2 rings (SSSR count). The Hall–Kier alpha value is -2.11. The molecule has 0 saturated heterocycles. The van der Waals surface area contributed by atoms with Crippen molar-refractivity contribution in [1.29, 1.82) is 0 Å². The molecule has 1 heterocycles. The molecule has 0 aliphatic heterocycles. The van der Waals surface area contributed by atoms with Crippen molar-refractivity contribution in [3.8, 4) is 0 Å². The van der Waals surface area contributed by atoms with E-state index in [0.29, 0.717) is 12.1 Å². The zero-order valence-corrected chi connectivity index (χ0v) is 10.5. The van der Waals surface area contributed by atoms with Crippen molar-refractivity contribution in [2.24, 2.45) is 5.92 Å². The SMILES string of the molecule is O=C(N[C@H](Cc1cnc[nH]1)C(=O)O)C1CC=CCC1. The second-order valence-electron chi connectivity index (χ2n) is 4.66. The molecular weight excluding hydrogens is 246 g/mol. The summed E-state index contributed by atoms with van der Waals surface area (Å²) in [7, 11) is 0. The van der Waals surface area contributed by atoms with Crippen LogP contribution in [0.4, 0.5) is 0 Å². The minimum Gasteiger partial charge on any atom is -0.480 e. The van der Waals surface area contributed by atoms with E-state index in [4.69, 9.17) is 5.11 Å². The predicted octanol–water partition coefficient (Wildman–Crippen LogP) is 0.878. The van der Waals surface area contributed by atoms with E-state index in [1.54, 1.807) is 6.20 Å². The second kappa shape index (κ2) is 6.17. The number of H-pyrrole nitrogens is 1. The molecule has 1 unspecified atom stereocenters. The van der Waals surface area contributed by atoms with Crippen LogP contribution in [0, 0.1) is 5.92 Å². The van der Waals surface area contributed by atoms with Crippen LogP contribution in [0.25, 0.3) is 0 Å². The lowest BCUT2D eigenvalue weighted by atomic mass is 9.93. The number of aromatic amines is 1.